The molecule has 2 heterocycles. The zero-order chi connectivity index (χ0) is 10.8. The molecule has 0 aliphatic heterocycles. The third kappa shape index (κ3) is 1.58. The van der Waals surface area contributed by atoms with Crippen LogP contribution in [0, 0.1) is 0 Å². The van der Waals surface area contributed by atoms with Gasteiger partial charge in [-0.25, -0.2) is 4.79 Å². The Hall–Kier alpha value is -2.18. The second-order valence-corrected chi connectivity index (χ2v) is 3.02. The maximum absolute atomic E-state index is 10.8. The largest absolute Gasteiger partial charge is 0.476 e. The predicted octanol–water partition coefficient (Wildman–Crippen LogP) is 0.309. The molecule has 0 bridgehead atoms. The summed E-state index contributed by atoms with van der Waals surface area (Å²) in [5.41, 5.74) is 0.296. The molecule has 7 heteroatoms. The van der Waals surface area contributed by atoms with E-state index in [2.05, 4.69) is 20.5 Å². The molecule has 1 unspecified atom stereocenters. The lowest BCUT2D eigenvalue weighted by atomic mass is 10.2. The summed E-state index contributed by atoms with van der Waals surface area (Å²) in [6.07, 6.45) is 3.36. The molecule has 7 nitrogen and oxygen atoms in total. The van der Waals surface area contributed by atoms with Gasteiger partial charge in [-0.3, -0.25) is 4.68 Å². The Morgan fingerprint density at radius 2 is 2.40 bits per heavy atom. The van der Waals surface area contributed by atoms with Gasteiger partial charge in [0.2, 0.25) is 0 Å². The molecule has 2 rings (SSSR count). The molecule has 0 saturated heterocycles. The number of carboxylic acids is 1. The molecule has 78 valence electrons. The first-order chi connectivity index (χ1) is 7.20. The van der Waals surface area contributed by atoms with E-state index in [1.54, 1.807) is 30.1 Å². The summed E-state index contributed by atoms with van der Waals surface area (Å²) in [5, 5.41) is 22.5. The summed E-state index contributed by atoms with van der Waals surface area (Å²) in [5.74, 6) is -1.10. The van der Waals surface area contributed by atoms with Crippen LogP contribution in [-0.2, 0) is 0 Å². The van der Waals surface area contributed by atoms with Crippen LogP contribution in [0.15, 0.2) is 18.5 Å². The van der Waals surface area contributed by atoms with Gasteiger partial charge < -0.3 is 5.11 Å². The Morgan fingerprint density at radius 3 is 3.00 bits per heavy atom. The first kappa shape index (κ1) is 9.38. The molecule has 0 aliphatic rings. The van der Waals surface area contributed by atoms with Crippen molar-refractivity contribution in [1.29, 1.82) is 0 Å². The van der Waals surface area contributed by atoms with Crippen molar-refractivity contribution in [3.8, 4) is 0 Å². The van der Waals surface area contributed by atoms with Crippen LogP contribution in [0.3, 0.4) is 0 Å². The zero-order valence-electron chi connectivity index (χ0n) is 7.95. The van der Waals surface area contributed by atoms with Gasteiger partial charge in [-0.1, -0.05) is 0 Å². The maximum atomic E-state index is 10.8. The molecular weight excluding hydrogens is 198 g/mol. The number of carbonyl (C=O) groups is 1. The Kier molecular flexibility index (Phi) is 2.20. The third-order valence-electron chi connectivity index (χ3n) is 2.09. The molecule has 0 radical (unpaired) electrons. The molecule has 1 atom stereocenters. The van der Waals surface area contributed by atoms with Gasteiger partial charge in [0.25, 0.3) is 0 Å². The van der Waals surface area contributed by atoms with Crippen molar-refractivity contribution < 1.29 is 9.90 Å². The van der Waals surface area contributed by atoms with E-state index in [0.29, 0.717) is 5.69 Å². The minimum atomic E-state index is -1.10. The number of nitrogens with zero attached hydrogens (tertiary/aromatic N) is 4. The second kappa shape index (κ2) is 3.52. The fraction of sp³-hybridized carbons (Fsp3) is 0.250. The summed E-state index contributed by atoms with van der Waals surface area (Å²) in [7, 11) is 0. The van der Waals surface area contributed by atoms with Crippen LogP contribution in [0.25, 0.3) is 0 Å². The minimum absolute atomic E-state index is 0.0713. The summed E-state index contributed by atoms with van der Waals surface area (Å²) in [6.45, 7) is 1.80. The Morgan fingerprint density at radius 1 is 1.60 bits per heavy atom. The van der Waals surface area contributed by atoms with Crippen LogP contribution in [-0.4, -0.2) is 36.3 Å². The minimum Gasteiger partial charge on any atom is -0.476 e. The first-order valence-corrected chi connectivity index (χ1v) is 4.33. The maximum Gasteiger partial charge on any atom is 0.358 e. The van der Waals surface area contributed by atoms with Gasteiger partial charge in [0.15, 0.2) is 5.69 Å². The Labute approximate surface area is 84.7 Å². The van der Waals surface area contributed by atoms with Crippen molar-refractivity contribution in [3.63, 3.8) is 0 Å². The van der Waals surface area contributed by atoms with Crippen LogP contribution in [0.1, 0.15) is 29.1 Å². The van der Waals surface area contributed by atoms with E-state index in [4.69, 9.17) is 5.11 Å². The van der Waals surface area contributed by atoms with E-state index in [1.807, 2.05) is 0 Å². The van der Waals surface area contributed by atoms with Crippen molar-refractivity contribution in [1.82, 2.24) is 25.2 Å². The highest BCUT2D eigenvalue weighted by molar-refractivity contribution is 5.86. The lowest BCUT2D eigenvalue weighted by molar-refractivity contribution is 0.0688. The summed E-state index contributed by atoms with van der Waals surface area (Å²) < 4.78 is 1.62. The highest BCUT2D eigenvalue weighted by Gasteiger charge is 2.21. The number of aromatic nitrogens is 5. The predicted molar refractivity (Wildman–Crippen MR) is 49.4 cm³/mol. The molecule has 15 heavy (non-hydrogen) atoms. The van der Waals surface area contributed by atoms with Crippen LogP contribution in [0.2, 0.25) is 0 Å². The standard InChI is InChI=1S/C8H9N5O2/c1-5(13-4-2-3-9-13)6-7(8(14)15)11-12-10-6/h2-5H,1H3,(H,14,15)(H,10,11,12). The van der Waals surface area contributed by atoms with Crippen molar-refractivity contribution in [2.75, 3.05) is 0 Å². The van der Waals surface area contributed by atoms with E-state index >= 15 is 0 Å². The molecule has 0 amide bonds. The average Bonchev–Trinajstić information content (AvgIpc) is 2.88. The van der Waals surface area contributed by atoms with E-state index in [-0.39, 0.29) is 11.7 Å². The average molecular weight is 207 g/mol. The number of hydrogen-bond donors (Lipinski definition) is 2. The van der Waals surface area contributed by atoms with Gasteiger partial charge in [-0.05, 0) is 13.0 Å². The number of H-pyrrole nitrogens is 1. The van der Waals surface area contributed by atoms with E-state index in [0.717, 1.165) is 0 Å². The van der Waals surface area contributed by atoms with Gasteiger partial charge in [0.05, 0.1) is 6.04 Å². The molecule has 2 aromatic heterocycles. The summed E-state index contributed by atoms with van der Waals surface area (Å²) in [6, 6.07) is 1.50. The monoisotopic (exact) mass is 207 g/mol. The molecule has 0 aliphatic carbocycles. The van der Waals surface area contributed by atoms with Crippen molar-refractivity contribution in [2.24, 2.45) is 0 Å². The van der Waals surface area contributed by atoms with Crippen LogP contribution >= 0.6 is 0 Å². The molecular formula is C8H9N5O2. The SMILES string of the molecule is CC(c1n[nH]nc1C(=O)O)n1cccn1. The van der Waals surface area contributed by atoms with Gasteiger partial charge in [-0.2, -0.15) is 15.4 Å². The number of aromatic carboxylic acids is 1. The Balaban J connectivity index is 2.37. The number of hydrogen-bond acceptors (Lipinski definition) is 4. The zero-order valence-corrected chi connectivity index (χ0v) is 7.95. The number of carboxylic acid groups (broad SMARTS) is 1. The second-order valence-electron chi connectivity index (χ2n) is 3.02. The Bertz CT molecular complexity index is 461. The number of rotatable bonds is 3. The van der Waals surface area contributed by atoms with Crippen molar-refractivity contribution in [3.05, 3.63) is 29.8 Å². The third-order valence-corrected chi connectivity index (χ3v) is 2.09. The lowest BCUT2D eigenvalue weighted by Crippen LogP contribution is -2.12. The van der Waals surface area contributed by atoms with E-state index in [1.165, 1.54) is 0 Å². The molecule has 0 saturated carbocycles. The summed E-state index contributed by atoms with van der Waals surface area (Å²) >= 11 is 0. The fourth-order valence-electron chi connectivity index (χ4n) is 1.32. The summed E-state index contributed by atoms with van der Waals surface area (Å²) in [4.78, 5) is 10.8. The van der Waals surface area contributed by atoms with Crippen molar-refractivity contribution in [2.45, 2.75) is 13.0 Å². The topological polar surface area (TPSA) is 96.7 Å². The highest BCUT2D eigenvalue weighted by Crippen LogP contribution is 2.16. The first-order valence-electron chi connectivity index (χ1n) is 4.33. The normalized spacial score (nSPS) is 12.6. The van der Waals surface area contributed by atoms with Crippen LogP contribution in [0.4, 0.5) is 0 Å². The molecule has 0 fully saturated rings. The highest BCUT2D eigenvalue weighted by atomic mass is 16.4. The van der Waals surface area contributed by atoms with Crippen molar-refractivity contribution >= 4 is 5.97 Å². The van der Waals surface area contributed by atoms with Crippen LogP contribution < -0.4 is 0 Å². The smallest absolute Gasteiger partial charge is 0.358 e. The number of aromatic amines is 1. The fourth-order valence-corrected chi connectivity index (χ4v) is 1.32. The van der Waals surface area contributed by atoms with E-state index < -0.39 is 5.97 Å². The molecule has 0 aromatic carbocycles. The molecule has 2 N–H and O–H groups in total. The van der Waals surface area contributed by atoms with Gasteiger partial charge >= 0.3 is 5.97 Å². The van der Waals surface area contributed by atoms with Gasteiger partial charge in [0, 0.05) is 12.4 Å². The quantitative estimate of drug-likeness (QED) is 0.754. The molecule has 2 aromatic rings. The molecule has 0 spiro atoms. The number of nitrogens with one attached hydrogen (secondary N) is 1. The van der Waals surface area contributed by atoms with Gasteiger partial charge in [-0.15, -0.1) is 5.10 Å². The van der Waals surface area contributed by atoms with Crippen LogP contribution in [0.5, 0.6) is 0 Å². The van der Waals surface area contributed by atoms with Gasteiger partial charge in [0.1, 0.15) is 5.69 Å². The van der Waals surface area contributed by atoms with E-state index in [9.17, 15) is 4.79 Å². The lowest BCUT2D eigenvalue weighted by Gasteiger charge is -2.08.